The van der Waals surface area contributed by atoms with Gasteiger partial charge in [-0.1, -0.05) is 0 Å². The molecule has 81 heavy (non-hydrogen) atoms. The molecule has 31 nitrogen and oxygen atoms in total. The molecular formula is C50H30O31. The molecule has 1 heterocycles. The minimum absolute atomic E-state index is 0.994. The van der Waals surface area contributed by atoms with Crippen molar-refractivity contribution in [3.8, 4) is 206 Å². The van der Waals surface area contributed by atoms with Crippen molar-refractivity contribution in [1.82, 2.24) is 0 Å². The van der Waals surface area contributed by atoms with Crippen molar-refractivity contribution in [2.75, 3.05) is 0 Å². The van der Waals surface area contributed by atoms with Crippen LogP contribution >= 0.6 is 0 Å². The fourth-order valence-corrected chi connectivity index (χ4v) is 10.4. The summed E-state index contributed by atoms with van der Waals surface area (Å²) in [6, 6.07) is 0. The Morgan fingerprint density at radius 2 is 0.284 bits per heavy atom. The van der Waals surface area contributed by atoms with Crippen molar-refractivity contribution in [2.45, 2.75) is 0 Å². The summed E-state index contributed by atoms with van der Waals surface area (Å²) in [4.78, 5) is 0. The first-order valence-corrected chi connectivity index (χ1v) is 21.9. The van der Waals surface area contributed by atoms with E-state index in [1.807, 2.05) is 0 Å². The van der Waals surface area contributed by atoms with Gasteiger partial charge in [0.1, 0.15) is 17.2 Å². The van der Waals surface area contributed by atoms with Gasteiger partial charge in [-0.25, -0.2) is 0 Å². The molecule has 0 aliphatic heterocycles. The first kappa shape index (κ1) is 50.5. The molecule has 0 atom stereocenters. The smallest absolute Gasteiger partial charge is 0.208 e. The molecule has 0 aliphatic carbocycles. The van der Waals surface area contributed by atoms with Crippen molar-refractivity contribution >= 4 is 75.8 Å². The van der Waals surface area contributed by atoms with Gasteiger partial charge < -0.3 is 158 Å². The van der Waals surface area contributed by atoms with E-state index in [0.29, 0.717) is 0 Å². The number of phenolic OH excluding ortho intramolecular Hbond substituents is 30. The van der Waals surface area contributed by atoms with Crippen LogP contribution in [0.4, 0.5) is 0 Å². The Morgan fingerprint density at radius 1 is 0.111 bits per heavy atom. The van der Waals surface area contributed by atoms with Gasteiger partial charge in [-0.3, -0.25) is 0 Å². The second-order valence-electron chi connectivity index (χ2n) is 18.0. The lowest BCUT2D eigenvalue weighted by molar-refractivity contribution is 0.329. The summed E-state index contributed by atoms with van der Waals surface area (Å²) in [6.07, 6.45) is 0. The summed E-state index contributed by atoms with van der Waals surface area (Å²) in [5.74, 6) is -50.4. The normalized spacial score (nSPS) is 12.0. The van der Waals surface area contributed by atoms with Crippen LogP contribution in [0.25, 0.3) is 109 Å². The molecule has 0 saturated heterocycles. The predicted molar refractivity (Wildman–Crippen MR) is 268 cm³/mol. The number of rotatable bonds is 3. The lowest BCUT2D eigenvalue weighted by Crippen LogP contribution is -1.97. The molecule has 1 aromatic heterocycles. The van der Waals surface area contributed by atoms with Crippen molar-refractivity contribution in [2.24, 2.45) is 0 Å². The van der Waals surface area contributed by atoms with Gasteiger partial charge in [-0.15, -0.1) is 0 Å². The molecule has 0 bridgehead atoms. The first-order chi connectivity index (χ1) is 37.8. The molecular weight excluding hydrogens is 1100 g/mol. The summed E-state index contributed by atoms with van der Waals surface area (Å²) in [5.41, 5.74) is -11.0. The predicted octanol–water partition coefficient (Wildman–Crippen LogP) is 5.52. The van der Waals surface area contributed by atoms with Gasteiger partial charge in [0.25, 0.3) is 0 Å². The molecule has 0 radical (unpaired) electrons. The Balaban J connectivity index is 1.36. The van der Waals surface area contributed by atoms with E-state index in [-0.39, 0.29) is 0 Å². The number of benzene rings is 10. The topological polar surface area (TPSA) is 620 Å². The van der Waals surface area contributed by atoms with Crippen LogP contribution in [0.3, 0.4) is 0 Å². The van der Waals surface area contributed by atoms with Crippen LogP contribution < -0.4 is 0 Å². The molecule has 0 fully saturated rings. The van der Waals surface area contributed by atoms with Crippen LogP contribution in [0.2, 0.25) is 0 Å². The maximum absolute atomic E-state index is 12.4. The monoisotopic (exact) mass is 1130 g/mol. The summed E-state index contributed by atoms with van der Waals surface area (Å²) in [7, 11) is 0. The van der Waals surface area contributed by atoms with Gasteiger partial charge in [-0.05, 0) is 0 Å². The first-order valence-electron chi connectivity index (χ1n) is 21.9. The second-order valence-corrected chi connectivity index (χ2v) is 18.0. The maximum Gasteiger partial charge on any atom is 0.208 e. The highest BCUT2D eigenvalue weighted by Gasteiger charge is 2.41. The van der Waals surface area contributed by atoms with Crippen molar-refractivity contribution in [1.29, 1.82) is 0 Å². The number of furan rings is 1. The third kappa shape index (κ3) is 5.55. The summed E-state index contributed by atoms with van der Waals surface area (Å²) >= 11 is 0. The van der Waals surface area contributed by atoms with E-state index in [1.54, 1.807) is 0 Å². The number of fused-ring (bicyclic) bond motifs is 10. The average Bonchev–Trinajstić information content (AvgIpc) is 4.10. The Bertz CT molecular complexity index is 4810. The van der Waals surface area contributed by atoms with Crippen molar-refractivity contribution in [3.05, 3.63) is 0 Å². The Kier molecular flexibility index (Phi) is 9.63. The molecule has 10 aromatic carbocycles. The minimum atomic E-state index is -1.89. The zero-order valence-corrected chi connectivity index (χ0v) is 38.8. The molecule has 0 saturated carbocycles. The van der Waals surface area contributed by atoms with Crippen molar-refractivity contribution in [3.63, 3.8) is 0 Å². The Labute approximate surface area is 438 Å². The molecule has 0 unspecified atom stereocenters. The number of hydrogen-bond acceptors (Lipinski definition) is 31. The van der Waals surface area contributed by atoms with Gasteiger partial charge in [0.05, 0.1) is 54.6 Å². The molecule has 11 aromatic rings. The van der Waals surface area contributed by atoms with Crippen LogP contribution in [0.1, 0.15) is 0 Å². The Morgan fingerprint density at radius 3 is 0.642 bits per heavy atom. The highest BCUT2D eigenvalue weighted by atomic mass is 16.4. The number of phenols is 30. The van der Waals surface area contributed by atoms with Gasteiger partial charge in [0.2, 0.25) is 57.5 Å². The number of aromatic hydroxyl groups is 30. The van der Waals surface area contributed by atoms with Gasteiger partial charge in [-0.2, -0.15) is 0 Å². The lowest BCUT2D eigenvalue weighted by Gasteiger charge is -2.25. The maximum atomic E-state index is 12.4. The minimum Gasteiger partial charge on any atom is -0.506 e. The van der Waals surface area contributed by atoms with E-state index < -0.39 is 282 Å². The van der Waals surface area contributed by atoms with E-state index in [4.69, 9.17) is 4.42 Å². The molecule has 11 rings (SSSR count). The molecule has 30 N–H and O–H groups in total. The fourth-order valence-electron chi connectivity index (χ4n) is 10.4. The van der Waals surface area contributed by atoms with Gasteiger partial charge in [0, 0.05) is 43.4 Å². The molecule has 0 spiro atoms. The molecule has 31 heteroatoms. The molecule has 0 aliphatic rings. The van der Waals surface area contributed by atoms with E-state index in [9.17, 15) is 153 Å². The molecule has 0 amide bonds. The second kappa shape index (κ2) is 15.5. The average molecular weight is 1130 g/mol. The molecule has 416 valence electrons. The highest BCUT2D eigenvalue weighted by molar-refractivity contribution is 6.34. The van der Waals surface area contributed by atoms with Crippen LogP contribution in [-0.2, 0) is 0 Å². The largest absolute Gasteiger partial charge is 0.506 e. The Hall–Kier alpha value is -12.7. The van der Waals surface area contributed by atoms with Gasteiger partial charge >= 0.3 is 0 Å². The zero-order valence-electron chi connectivity index (χ0n) is 38.8. The summed E-state index contributed by atoms with van der Waals surface area (Å²) < 4.78 is 5.57. The summed E-state index contributed by atoms with van der Waals surface area (Å²) in [6.45, 7) is 0. The zero-order chi connectivity index (χ0) is 59.6. The van der Waals surface area contributed by atoms with Crippen LogP contribution in [-0.4, -0.2) is 153 Å². The third-order valence-electron chi connectivity index (χ3n) is 14.1. The highest BCUT2D eigenvalue weighted by Crippen LogP contribution is 2.70. The SMILES string of the molecule is Oc1c(O)c(O)c(-c2c(O)c(O)c3c(c2O)c(O)c(O)c2c(O)c(-c4c5c(O)c(O)c(O)c(O)c5c(-c5c(O)c(O)c6oc7c8c(O)c(O)c(O)c(O)c8c(O)c(O)c7c6c5O)c5c(O)c(O)c(O)c(O)c45)c(O)c(O)c23)c(O)c1O. The van der Waals surface area contributed by atoms with E-state index in [0.717, 1.165) is 0 Å². The van der Waals surface area contributed by atoms with E-state index in [2.05, 4.69) is 0 Å². The summed E-state index contributed by atoms with van der Waals surface area (Å²) in [5, 5.41) is 323. The fraction of sp³-hybridized carbons (Fsp3) is 0. The lowest BCUT2D eigenvalue weighted by atomic mass is 9.81. The van der Waals surface area contributed by atoms with Gasteiger partial charge in [0.15, 0.2) is 109 Å². The van der Waals surface area contributed by atoms with E-state index >= 15 is 0 Å². The standard InChI is InChI=1S/C50H30O31/c51-19-9(28(60)22(54)7-8-12(30(62)29(61)11(7)19)20(52)13(31(63)23(8)55)14-33(65)44(76)47(79)45(77)34(14)66)1-3-5(26(58)41(73)39(71)24(3)56)2(6-4(1)25(57)40(72)42(74)27(6)59)10-21(53)17-18-37(69)32(64)15-16(38(70)46(78)43(75)35(15)67)49(18)81-50(17)48(80)36(10)68/h51-80H. The van der Waals surface area contributed by atoms with Crippen LogP contribution in [0, 0.1) is 0 Å². The number of hydrogen-bond donors (Lipinski definition) is 30. The van der Waals surface area contributed by atoms with Crippen molar-refractivity contribution < 1.29 is 158 Å². The third-order valence-corrected chi connectivity index (χ3v) is 14.1. The van der Waals surface area contributed by atoms with E-state index in [1.165, 1.54) is 0 Å². The quantitative estimate of drug-likeness (QED) is 0.0448. The van der Waals surface area contributed by atoms with Crippen LogP contribution in [0.5, 0.6) is 172 Å². The van der Waals surface area contributed by atoms with Crippen LogP contribution in [0.15, 0.2) is 4.42 Å².